The van der Waals surface area contributed by atoms with E-state index in [0.717, 1.165) is 25.2 Å². The Bertz CT molecular complexity index is 349. The minimum absolute atomic E-state index is 0.208. The van der Waals surface area contributed by atoms with E-state index in [1.165, 1.54) is 0 Å². The molecule has 0 radical (unpaired) electrons. The normalized spacial score (nSPS) is 39.3. The third-order valence-electron chi connectivity index (χ3n) is 3.19. The van der Waals surface area contributed by atoms with Crippen LogP contribution in [0.1, 0.15) is 6.42 Å². The Morgan fingerprint density at radius 2 is 2.50 bits per heavy atom. The maximum absolute atomic E-state index is 11.3. The highest BCUT2D eigenvalue weighted by Crippen LogP contribution is 2.28. The molecule has 14 heavy (non-hydrogen) atoms. The Balaban J connectivity index is 2.06. The summed E-state index contributed by atoms with van der Waals surface area (Å²) in [5.74, 6) is 0. The maximum atomic E-state index is 11.3. The van der Waals surface area contributed by atoms with Crippen molar-refractivity contribution in [2.75, 3.05) is 13.1 Å². The fraction of sp³-hybridized carbons (Fsp3) is 0.556. The lowest BCUT2D eigenvalue weighted by Crippen LogP contribution is -2.69. The highest BCUT2D eigenvalue weighted by molar-refractivity contribution is 6.14. The van der Waals surface area contributed by atoms with Gasteiger partial charge in [-0.2, -0.15) is 4.99 Å². The van der Waals surface area contributed by atoms with Gasteiger partial charge < -0.3 is 16.0 Å². The van der Waals surface area contributed by atoms with E-state index in [0.29, 0.717) is 0 Å². The lowest BCUT2D eigenvalue weighted by molar-refractivity contribution is 0.230. The third kappa shape index (κ3) is 0.874. The van der Waals surface area contributed by atoms with Gasteiger partial charge in [-0.15, -0.1) is 0 Å². The molecule has 0 bridgehead atoms. The number of rotatable bonds is 0. The molecule has 2 unspecified atom stereocenters. The van der Waals surface area contributed by atoms with Gasteiger partial charge in [0.05, 0.1) is 11.8 Å². The summed E-state index contributed by atoms with van der Waals surface area (Å²) in [6.07, 6.45) is 4.66. The van der Waals surface area contributed by atoms with Gasteiger partial charge in [-0.1, -0.05) is 0 Å². The molecule has 1 fully saturated rings. The van der Waals surface area contributed by atoms with E-state index >= 15 is 0 Å². The molecule has 0 aromatic heterocycles. The van der Waals surface area contributed by atoms with E-state index in [1.807, 2.05) is 12.3 Å². The zero-order chi connectivity index (χ0) is 9.60. The molecule has 3 rings (SSSR count). The monoisotopic (exact) mass is 192 g/mol. The van der Waals surface area contributed by atoms with Crippen molar-refractivity contribution in [2.24, 2.45) is 4.99 Å². The van der Waals surface area contributed by atoms with Crippen molar-refractivity contribution in [3.05, 3.63) is 12.3 Å². The molecule has 2 atom stereocenters. The largest absolute Gasteiger partial charge is 0.384 e. The molecular weight excluding hydrogens is 180 g/mol. The SMILES string of the molecule is O=C1N=C2C=CNC3CNCCC23N1. The Morgan fingerprint density at radius 1 is 1.57 bits per heavy atom. The number of amides is 2. The van der Waals surface area contributed by atoms with Crippen LogP contribution in [0, 0.1) is 0 Å². The van der Waals surface area contributed by atoms with Gasteiger partial charge in [0.1, 0.15) is 5.54 Å². The summed E-state index contributed by atoms with van der Waals surface area (Å²) < 4.78 is 0. The lowest BCUT2D eigenvalue weighted by Gasteiger charge is -2.43. The van der Waals surface area contributed by atoms with Crippen LogP contribution in [0.4, 0.5) is 4.79 Å². The van der Waals surface area contributed by atoms with E-state index in [2.05, 4.69) is 20.9 Å². The van der Waals surface area contributed by atoms with Gasteiger partial charge in [-0.3, -0.25) is 0 Å². The first-order valence-electron chi connectivity index (χ1n) is 4.86. The van der Waals surface area contributed by atoms with E-state index < -0.39 is 0 Å². The molecule has 3 N–H and O–H groups in total. The number of hydrogen-bond donors (Lipinski definition) is 3. The van der Waals surface area contributed by atoms with E-state index in [1.54, 1.807) is 0 Å². The molecule has 3 aliphatic heterocycles. The maximum Gasteiger partial charge on any atom is 0.342 e. The molecule has 0 saturated carbocycles. The average Bonchev–Trinajstić information content (AvgIpc) is 2.51. The average molecular weight is 192 g/mol. The smallest absolute Gasteiger partial charge is 0.342 e. The van der Waals surface area contributed by atoms with Crippen LogP contribution in [0.2, 0.25) is 0 Å². The minimum Gasteiger partial charge on any atom is -0.384 e. The van der Waals surface area contributed by atoms with Crippen LogP contribution >= 0.6 is 0 Å². The van der Waals surface area contributed by atoms with Gasteiger partial charge in [0.15, 0.2) is 0 Å². The van der Waals surface area contributed by atoms with Crippen LogP contribution in [0.25, 0.3) is 0 Å². The summed E-state index contributed by atoms with van der Waals surface area (Å²) in [7, 11) is 0. The Kier molecular flexibility index (Phi) is 1.47. The first-order valence-corrected chi connectivity index (χ1v) is 4.86. The van der Waals surface area contributed by atoms with Crippen LogP contribution in [0.15, 0.2) is 17.3 Å². The minimum atomic E-state index is -0.253. The van der Waals surface area contributed by atoms with E-state index in [9.17, 15) is 4.79 Å². The second kappa shape index (κ2) is 2.57. The second-order valence-electron chi connectivity index (χ2n) is 3.91. The van der Waals surface area contributed by atoms with Crippen molar-refractivity contribution in [3.8, 4) is 0 Å². The molecule has 3 aliphatic rings. The molecule has 3 heterocycles. The number of urea groups is 1. The van der Waals surface area contributed by atoms with Crippen molar-refractivity contribution in [1.29, 1.82) is 0 Å². The molecule has 0 aromatic carbocycles. The molecule has 2 amide bonds. The fourth-order valence-electron chi connectivity index (χ4n) is 2.46. The summed E-state index contributed by atoms with van der Waals surface area (Å²) in [6, 6.07) is 0.0201. The second-order valence-corrected chi connectivity index (χ2v) is 3.91. The van der Waals surface area contributed by atoms with Gasteiger partial charge in [-0.25, -0.2) is 4.79 Å². The number of carbonyl (C=O) groups is 1. The molecule has 5 nitrogen and oxygen atoms in total. The summed E-state index contributed by atoms with van der Waals surface area (Å²) in [5.41, 5.74) is 0.629. The summed E-state index contributed by atoms with van der Waals surface area (Å²) in [5, 5.41) is 9.54. The highest BCUT2D eigenvalue weighted by Gasteiger charge is 2.50. The molecule has 0 aromatic rings. The topological polar surface area (TPSA) is 65.5 Å². The summed E-state index contributed by atoms with van der Waals surface area (Å²) >= 11 is 0. The fourth-order valence-corrected chi connectivity index (χ4v) is 2.46. The number of carbonyl (C=O) groups excluding carboxylic acids is 1. The van der Waals surface area contributed by atoms with Crippen LogP contribution in [-0.4, -0.2) is 36.4 Å². The number of nitrogens with one attached hydrogen (secondary N) is 3. The summed E-state index contributed by atoms with van der Waals surface area (Å²) in [6.45, 7) is 1.79. The molecule has 1 saturated heterocycles. The molecule has 74 valence electrons. The van der Waals surface area contributed by atoms with Gasteiger partial charge in [-0.05, 0) is 25.2 Å². The first kappa shape index (κ1) is 7.99. The first-order chi connectivity index (χ1) is 6.81. The quantitative estimate of drug-likeness (QED) is 0.478. The van der Waals surface area contributed by atoms with Crippen LogP contribution in [0.5, 0.6) is 0 Å². The van der Waals surface area contributed by atoms with Crippen LogP contribution in [-0.2, 0) is 0 Å². The van der Waals surface area contributed by atoms with Crippen molar-refractivity contribution >= 4 is 11.7 Å². The Labute approximate surface area is 81.7 Å². The Morgan fingerprint density at radius 3 is 3.43 bits per heavy atom. The number of piperidine rings is 1. The van der Waals surface area contributed by atoms with Crippen LogP contribution in [0.3, 0.4) is 0 Å². The third-order valence-corrected chi connectivity index (χ3v) is 3.19. The number of hydrogen-bond acceptors (Lipinski definition) is 3. The van der Waals surface area contributed by atoms with E-state index in [4.69, 9.17) is 0 Å². The van der Waals surface area contributed by atoms with Gasteiger partial charge >= 0.3 is 6.03 Å². The van der Waals surface area contributed by atoms with Gasteiger partial charge in [0.25, 0.3) is 0 Å². The zero-order valence-corrected chi connectivity index (χ0v) is 7.71. The van der Waals surface area contributed by atoms with Crippen molar-refractivity contribution < 1.29 is 4.79 Å². The van der Waals surface area contributed by atoms with Crippen LogP contribution < -0.4 is 16.0 Å². The lowest BCUT2D eigenvalue weighted by atomic mass is 9.78. The number of nitrogens with zero attached hydrogens (tertiary/aromatic N) is 1. The summed E-state index contributed by atoms with van der Waals surface area (Å²) in [4.78, 5) is 15.3. The molecule has 5 heteroatoms. The predicted octanol–water partition coefficient (Wildman–Crippen LogP) is -0.632. The standard InChI is InChI=1S/C9H12N4O/c14-8-12-6-1-3-11-7-5-10-4-2-9(6,7)13-8/h1,3,7,10-11H,2,4-5H2,(H,13,14). The highest BCUT2D eigenvalue weighted by atomic mass is 16.2. The van der Waals surface area contributed by atoms with Crippen molar-refractivity contribution in [1.82, 2.24) is 16.0 Å². The number of aliphatic imine (C=N–C) groups is 1. The van der Waals surface area contributed by atoms with Gasteiger partial charge in [0, 0.05) is 6.54 Å². The molecule has 0 aliphatic carbocycles. The van der Waals surface area contributed by atoms with Crippen molar-refractivity contribution in [2.45, 2.75) is 18.0 Å². The Hall–Kier alpha value is -1.36. The molecular formula is C9H12N4O. The van der Waals surface area contributed by atoms with Gasteiger partial charge in [0.2, 0.25) is 0 Å². The molecule has 1 spiro atoms. The zero-order valence-electron chi connectivity index (χ0n) is 7.71. The van der Waals surface area contributed by atoms with E-state index in [-0.39, 0.29) is 17.6 Å². The van der Waals surface area contributed by atoms with Crippen molar-refractivity contribution in [3.63, 3.8) is 0 Å². The predicted molar refractivity (Wildman–Crippen MR) is 52.2 cm³/mol.